The summed E-state index contributed by atoms with van der Waals surface area (Å²) in [6, 6.07) is 86.7. The first kappa shape index (κ1) is 102. The molecule has 125 heavy (non-hydrogen) atoms. The van der Waals surface area contributed by atoms with E-state index in [1.54, 1.807) is 0 Å². The first-order valence-electron chi connectivity index (χ1n) is 48.4. The second-order valence-electron chi connectivity index (χ2n) is 27.9. The van der Waals surface area contributed by atoms with Crippen molar-refractivity contribution in [1.82, 2.24) is 0 Å². The van der Waals surface area contributed by atoms with Gasteiger partial charge in [-0.2, -0.15) is 0 Å². The quantitative estimate of drug-likeness (QED) is 0.137. The minimum Gasteiger partial charge on any atom is -0.455 e. The molecule has 0 fully saturated rings. The van der Waals surface area contributed by atoms with Gasteiger partial charge >= 0.3 is 0 Å². The predicted molar refractivity (Wildman–Crippen MR) is 563 cm³/mol. The zero-order valence-corrected chi connectivity index (χ0v) is 82.2. The minimum absolute atomic E-state index is 0.987. The van der Waals surface area contributed by atoms with Crippen LogP contribution in [0.2, 0.25) is 0 Å². The lowest BCUT2D eigenvalue weighted by molar-refractivity contribution is 0.667. The lowest BCUT2D eigenvalue weighted by Crippen LogP contribution is -1.85. The zero-order chi connectivity index (χ0) is 92.0. The van der Waals surface area contributed by atoms with Crippen LogP contribution in [0, 0.1) is 0 Å². The van der Waals surface area contributed by atoms with Crippen LogP contribution in [-0.4, -0.2) is 0 Å². The second-order valence-corrected chi connectivity index (χ2v) is 27.9. The Balaban J connectivity index is 0.000000229. The third-order valence-corrected chi connectivity index (χ3v) is 22.1. The van der Waals surface area contributed by atoms with Crippen molar-refractivity contribution >= 4 is 164 Å². The highest BCUT2D eigenvalue weighted by molar-refractivity contribution is 6.21. The first-order valence-corrected chi connectivity index (χ1v) is 48.4. The SMILES string of the molecule is CC.CC.CC.CC.CC.CC.CC.CC.CC.CC.CCc1cc2c(oc3cccc(CC)c32)c2ccccc12.CCc1ccc2c(c1)oc1c3ccccc3cc(CC)c21.CCc1ccc2oc3c4ccccc4c(CC)cc3c2c1.CCc1ccc2oc3c4ccccc4cc(CC)c3c2c1.CCc1cccc2c1oc1c3ccccc3cc(CC)c21. The molecule has 0 amide bonds. The average molecular weight is 1670 g/mol. The van der Waals surface area contributed by atoms with Gasteiger partial charge < -0.3 is 22.1 Å². The summed E-state index contributed by atoms with van der Waals surface area (Å²) in [5, 5.41) is 25.1. The number of benzene rings is 15. The topological polar surface area (TPSA) is 65.7 Å². The van der Waals surface area contributed by atoms with E-state index in [4.69, 9.17) is 22.1 Å². The number of hydrogen-bond acceptors (Lipinski definition) is 5. The number of furan rings is 5. The van der Waals surface area contributed by atoms with Crippen molar-refractivity contribution in [1.29, 1.82) is 0 Å². The summed E-state index contributed by atoms with van der Waals surface area (Å²) >= 11 is 0. The lowest BCUT2D eigenvalue weighted by atomic mass is 9.97. The molecule has 20 rings (SSSR count). The first-order chi connectivity index (χ1) is 61.6. The molecule has 0 saturated carbocycles. The van der Waals surface area contributed by atoms with Gasteiger partial charge in [-0.15, -0.1) is 0 Å². The summed E-state index contributed by atoms with van der Waals surface area (Å²) in [5.41, 5.74) is 23.8. The molecular formula is C120H150O5. The van der Waals surface area contributed by atoms with Crippen molar-refractivity contribution in [2.45, 2.75) is 272 Å². The molecule has 0 unspecified atom stereocenters. The summed E-state index contributed by atoms with van der Waals surface area (Å²) in [7, 11) is 0. The molecule has 5 nitrogen and oxygen atoms in total. The largest absolute Gasteiger partial charge is 0.455 e. The molecule has 660 valence electrons. The molecular weight excluding hydrogens is 1520 g/mol. The van der Waals surface area contributed by atoms with E-state index in [9.17, 15) is 0 Å². The highest BCUT2D eigenvalue weighted by atomic mass is 16.3. The molecule has 0 N–H and O–H groups in total. The maximum Gasteiger partial charge on any atom is 0.143 e. The normalized spacial score (nSPS) is 10.3. The Bertz CT molecular complexity index is 6610. The van der Waals surface area contributed by atoms with Crippen LogP contribution in [0.15, 0.2) is 265 Å². The van der Waals surface area contributed by atoms with Gasteiger partial charge in [-0.1, -0.05) is 402 Å². The van der Waals surface area contributed by atoms with Crippen LogP contribution in [0.25, 0.3) is 164 Å². The van der Waals surface area contributed by atoms with Gasteiger partial charge in [0.15, 0.2) is 0 Å². The molecule has 0 atom stereocenters. The maximum atomic E-state index is 6.33. The van der Waals surface area contributed by atoms with Crippen molar-refractivity contribution in [2.24, 2.45) is 0 Å². The molecule has 15 aromatic carbocycles. The van der Waals surface area contributed by atoms with E-state index in [-0.39, 0.29) is 0 Å². The van der Waals surface area contributed by atoms with Gasteiger partial charge in [-0.3, -0.25) is 0 Å². The van der Waals surface area contributed by atoms with Crippen LogP contribution in [0.5, 0.6) is 0 Å². The van der Waals surface area contributed by atoms with E-state index < -0.39 is 0 Å². The molecule has 5 aromatic heterocycles. The van der Waals surface area contributed by atoms with Crippen LogP contribution in [-0.2, 0) is 64.2 Å². The third kappa shape index (κ3) is 21.9. The van der Waals surface area contributed by atoms with Gasteiger partial charge in [0.2, 0.25) is 0 Å². The van der Waals surface area contributed by atoms with Crippen LogP contribution >= 0.6 is 0 Å². The van der Waals surface area contributed by atoms with E-state index in [1.807, 2.05) is 138 Å². The summed E-state index contributed by atoms with van der Waals surface area (Å²) in [5.74, 6) is 0. The molecule has 0 saturated heterocycles. The Morgan fingerprint density at radius 1 is 0.152 bits per heavy atom. The van der Waals surface area contributed by atoms with Gasteiger partial charge in [-0.05, 0) is 195 Å². The van der Waals surface area contributed by atoms with E-state index >= 15 is 0 Å². The lowest BCUT2D eigenvalue weighted by Gasteiger charge is -2.05. The fourth-order valence-electron chi connectivity index (χ4n) is 16.4. The van der Waals surface area contributed by atoms with Crippen LogP contribution in [0.1, 0.15) is 263 Å². The number of fused-ring (bicyclic) bond motifs is 25. The Kier molecular flexibility index (Phi) is 42.9. The minimum atomic E-state index is 0.987. The monoisotopic (exact) mass is 1670 g/mol. The Labute approximate surface area is 751 Å². The van der Waals surface area contributed by atoms with E-state index in [0.29, 0.717) is 0 Å². The zero-order valence-electron chi connectivity index (χ0n) is 82.2. The van der Waals surface area contributed by atoms with Gasteiger partial charge in [0, 0.05) is 80.8 Å². The van der Waals surface area contributed by atoms with Crippen LogP contribution in [0.4, 0.5) is 0 Å². The van der Waals surface area contributed by atoms with Crippen LogP contribution < -0.4 is 0 Å². The Morgan fingerprint density at radius 3 is 0.920 bits per heavy atom. The Morgan fingerprint density at radius 2 is 0.472 bits per heavy atom. The van der Waals surface area contributed by atoms with Crippen molar-refractivity contribution in [2.75, 3.05) is 0 Å². The molecule has 0 radical (unpaired) electrons. The smallest absolute Gasteiger partial charge is 0.143 e. The third-order valence-electron chi connectivity index (χ3n) is 22.1. The van der Waals surface area contributed by atoms with Gasteiger partial charge in [-0.25, -0.2) is 0 Å². The fourth-order valence-corrected chi connectivity index (χ4v) is 16.4. The Hall–Kier alpha value is -11.4. The van der Waals surface area contributed by atoms with Crippen molar-refractivity contribution in [3.63, 3.8) is 0 Å². The summed E-state index contributed by atoms with van der Waals surface area (Å²) in [4.78, 5) is 0. The van der Waals surface area contributed by atoms with Crippen LogP contribution in [0.3, 0.4) is 0 Å². The standard InChI is InChI=1S/5C20H18O.10C2H6/c1-3-13-8-7-11-18-19(13)17-12-14(4-2)15-9-5-6-10-16(15)20(17)21-18;1-3-13-9-7-11-17-18-14(4-2)12-15-8-5-6-10-16(15)20(18)21-19(13)17;1-3-13-9-10-19-17(11-13)18-12-14(4-2)15-7-5-6-8-16(15)20(18)21-19;1-3-13-9-10-18-17(11-13)19-14(4-2)12-15-7-5-6-8-16(15)20(19)21-18;1-3-13-9-10-17-18(11-13)21-20-16-8-6-5-7-15(16)12-14(4-2)19(17)20;10*1-2/h5*5-12H,3-4H2,1-2H3;10*1-2H3. The molecule has 0 aliphatic heterocycles. The number of hydrogen-bond donors (Lipinski definition) is 0. The fraction of sp³-hybridized carbons (Fsp3) is 0.333. The highest BCUT2D eigenvalue weighted by Crippen LogP contribution is 2.44. The van der Waals surface area contributed by atoms with Crippen molar-refractivity contribution in [3.05, 3.63) is 298 Å². The predicted octanol–water partition coefficient (Wildman–Crippen LogP) is 39.6. The van der Waals surface area contributed by atoms with Gasteiger partial charge in [0.05, 0.1) is 0 Å². The molecule has 20 aromatic rings. The number of para-hydroxylation sites is 1. The van der Waals surface area contributed by atoms with E-state index in [2.05, 4.69) is 312 Å². The average Bonchev–Trinajstić information content (AvgIpc) is 1.63. The molecule has 0 aliphatic rings. The molecule has 5 heteroatoms. The number of aryl methyl sites for hydroxylation is 10. The summed E-state index contributed by atoms with van der Waals surface area (Å²) in [6.45, 7) is 62.0. The molecule has 0 spiro atoms. The van der Waals surface area contributed by atoms with E-state index in [0.717, 1.165) is 120 Å². The molecule has 0 bridgehead atoms. The molecule has 5 heterocycles. The number of rotatable bonds is 10. The second kappa shape index (κ2) is 52.4. The summed E-state index contributed by atoms with van der Waals surface area (Å²) in [6.07, 6.45) is 10.3. The van der Waals surface area contributed by atoms with E-state index in [1.165, 1.54) is 163 Å². The molecule has 0 aliphatic carbocycles. The van der Waals surface area contributed by atoms with Gasteiger partial charge in [0.25, 0.3) is 0 Å². The maximum absolute atomic E-state index is 6.33. The summed E-state index contributed by atoms with van der Waals surface area (Å²) < 4.78 is 31.2. The van der Waals surface area contributed by atoms with Crippen molar-refractivity contribution in [3.8, 4) is 0 Å². The highest BCUT2D eigenvalue weighted by Gasteiger charge is 2.21. The van der Waals surface area contributed by atoms with Crippen molar-refractivity contribution < 1.29 is 22.1 Å². The van der Waals surface area contributed by atoms with Gasteiger partial charge in [0.1, 0.15) is 55.8 Å².